The van der Waals surface area contributed by atoms with Gasteiger partial charge in [-0.05, 0) is 19.3 Å². The van der Waals surface area contributed by atoms with Gasteiger partial charge in [0.1, 0.15) is 6.04 Å². The molecule has 0 aromatic rings. The zero-order chi connectivity index (χ0) is 17.5. The van der Waals surface area contributed by atoms with Gasteiger partial charge >= 0.3 is 5.97 Å². The number of nitrogens with one attached hydrogen (secondary N) is 1. The van der Waals surface area contributed by atoms with Crippen LogP contribution in [0, 0.1) is 5.92 Å². The molecule has 4 nitrogen and oxygen atoms in total. The molecule has 0 saturated heterocycles. The zero-order valence-corrected chi connectivity index (χ0v) is 15.7. The molecule has 4 heteroatoms. The van der Waals surface area contributed by atoms with Gasteiger partial charge in [0.15, 0.2) is 0 Å². The maximum Gasteiger partial charge on any atom is 0.328 e. The molecule has 0 aliphatic rings. The second-order valence-corrected chi connectivity index (χ2v) is 6.62. The normalized spacial score (nSPS) is 12.2. The molecule has 0 rings (SSSR count). The van der Waals surface area contributed by atoms with Crippen molar-refractivity contribution in [1.29, 1.82) is 0 Å². The van der Waals surface area contributed by atoms with Gasteiger partial charge in [-0.25, -0.2) is 4.79 Å². The van der Waals surface area contributed by atoms with E-state index in [2.05, 4.69) is 12.2 Å². The van der Waals surface area contributed by atoms with Crippen molar-refractivity contribution in [3.8, 4) is 0 Å². The summed E-state index contributed by atoms with van der Waals surface area (Å²) in [6.07, 6.45) is 11.6. The Morgan fingerprint density at radius 3 is 1.87 bits per heavy atom. The second-order valence-electron chi connectivity index (χ2n) is 6.62. The summed E-state index contributed by atoms with van der Waals surface area (Å²) in [5.74, 6) is -0.330. The standard InChI is InChI=1S/C19H37NO3/c1-5-7-8-9-10-11-12-13-14-15-17(21)20-18(16(3)4)19(22)23-6-2/h16,18H,5-15H2,1-4H3,(H,20,21). The Kier molecular flexibility index (Phi) is 13.9. The molecule has 0 aromatic heterocycles. The average molecular weight is 328 g/mol. The maximum atomic E-state index is 12.0. The zero-order valence-electron chi connectivity index (χ0n) is 15.7. The molecule has 0 bridgehead atoms. The minimum atomic E-state index is -0.527. The lowest BCUT2D eigenvalue weighted by Gasteiger charge is -2.20. The van der Waals surface area contributed by atoms with Gasteiger partial charge in [0.05, 0.1) is 6.61 Å². The first-order chi connectivity index (χ1) is 11.0. The van der Waals surface area contributed by atoms with E-state index in [-0.39, 0.29) is 17.8 Å². The summed E-state index contributed by atoms with van der Waals surface area (Å²) in [6.45, 7) is 8.19. The van der Waals surface area contributed by atoms with Crippen molar-refractivity contribution in [3.63, 3.8) is 0 Å². The SMILES string of the molecule is CCCCCCCCCCCC(=O)NC(C(=O)OCC)C(C)C. The Hall–Kier alpha value is -1.06. The largest absolute Gasteiger partial charge is 0.464 e. The molecule has 23 heavy (non-hydrogen) atoms. The number of ether oxygens (including phenoxy) is 1. The Morgan fingerprint density at radius 2 is 1.39 bits per heavy atom. The van der Waals surface area contributed by atoms with Gasteiger partial charge in [0.2, 0.25) is 5.91 Å². The molecular weight excluding hydrogens is 290 g/mol. The molecule has 0 heterocycles. The van der Waals surface area contributed by atoms with E-state index in [0.717, 1.165) is 12.8 Å². The van der Waals surface area contributed by atoms with E-state index in [1.165, 1.54) is 44.9 Å². The number of amides is 1. The summed E-state index contributed by atoms with van der Waals surface area (Å²) >= 11 is 0. The van der Waals surface area contributed by atoms with Crippen LogP contribution in [0.3, 0.4) is 0 Å². The summed E-state index contributed by atoms with van der Waals surface area (Å²) in [5, 5.41) is 2.81. The summed E-state index contributed by atoms with van der Waals surface area (Å²) in [4.78, 5) is 23.8. The van der Waals surface area contributed by atoms with Gasteiger partial charge in [-0.3, -0.25) is 4.79 Å². The average Bonchev–Trinajstić information content (AvgIpc) is 2.50. The van der Waals surface area contributed by atoms with Gasteiger partial charge in [0.25, 0.3) is 0 Å². The van der Waals surface area contributed by atoms with Crippen LogP contribution in [-0.4, -0.2) is 24.5 Å². The van der Waals surface area contributed by atoms with Crippen LogP contribution in [0.1, 0.15) is 91.9 Å². The first-order valence-electron chi connectivity index (χ1n) is 9.48. The van der Waals surface area contributed by atoms with E-state index in [9.17, 15) is 9.59 Å². The highest BCUT2D eigenvalue weighted by molar-refractivity contribution is 5.84. The first-order valence-corrected chi connectivity index (χ1v) is 9.48. The van der Waals surface area contributed by atoms with Gasteiger partial charge < -0.3 is 10.1 Å². The third kappa shape index (κ3) is 12.1. The minimum Gasteiger partial charge on any atom is -0.464 e. The quantitative estimate of drug-likeness (QED) is 0.374. The van der Waals surface area contributed by atoms with Crippen LogP contribution in [0.15, 0.2) is 0 Å². The lowest BCUT2D eigenvalue weighted by Crippen LogP contribution is -2.45. The molecule has 0 aromatic carbocycles. The summed E-state index contributed by atoms with van der Waals surface area (Å²) in [6, 6.07) is -0.527. The van der Waals surface area contributed by atoms with Gasteiger partial charge in [-0.1, -0.05) is 72.1 Å². The number of rotatable bonds is 14. The molecule has 1 unspecified atom stereocenters. The highest BCUT2D eigenvalue weighted by Crippen LogP contribution is 2.11. The van der Waals surface area contributed by atoms with Crippen molar-refractivity contribution in [3.05, 3.63) is 0 Å². The Bertz CT molecular complexity index is 316. The highest BCUT2D eigenvalue weighted by atomic mass is 16.5. The third-order valence-corrected chi connectivity index (χ3v) is 4.03. The third-order valence-electron chi connectivity index (χ3n) is 4.03. The second kappa shape index (κ2) is 14.5. The maximum absolute atomic E-state index is 12.0. The number of unbranched alkanes of at least 4 members (excludes halogenated alkanes) is 8. The first kappa shape index (κ1) is 21.9. The fraction of sp³-hybridized carbons (Fsp3) is 0.895. The van der Waals surface area contributed by atoms with Crippen LogP contribution in [0.4, 0.5) is 0 Å². The summed E-state index contributed by atoms with van der Waals surface area (Å²) in [7, 11) is 0. The smallest absolute Gasteiger partial charge is 0.328 e. The molecule has 1 amide bonds. The molecule has 1 atom stereocenters. The monoisotopic (exact) mass is 327 g/mol. The van der Waals surface area contributed by atoms with Crippen LogP contribution < -0.4 is 5.32 Å². The molecule has 0 aliphatic carbocycles. The van der Waals surface area contributed by atoms with Gasteiger partial charge in [0, 0.05) is 6.42 Å². The Labute approximate surface area is 142 Å². The van der Waals surface area contributed by atoms with Crippen LogP contribution in [0.5, 0.6) is 0 Å². The highest BCUT2D eigenvalue weighted by Gasteiger charge is 2.24. The van der Waals surface area contributed by atoms with E-state index >= 15 is 0 Å². The molecule has 1 N–H and O–H groups in total. The Balaban J connectivity index is 3.74. The van der Waals surface area contributed by atoms with Gasteiger partial charge in [-0.15, -0.1) is 0 Å². The van der Waals surface area contributed by atoms with Crippen molar-refractivity contribution in [2.24, 2.45) is 5.92 Å². The van der Waals surface area contributed by atoms with E-state index < -0.39 is 6.04 Å². The number of hydrogen-bond acceptors (Lipinski definition) is 3. The summed E-state index contributed by atoms with van der Waals surface area (Å²) < 4.78 is 5.01. The lowest BCUT2D eigenvalue weighted by atomic mass is 10.0. The molecule has 0 spiro atoms. The van der Waals surface area contributed by atoms with Crippen LogP contribution in [-0.2, 0) is 14.3 Å². The molecule has 136 valence electrons. The predicted octanol–water partition coefficient (Wildman–Crippen LogP) is 4.61. The number of carbonyl (C=O) groups excluding carboxylic acids is 2. The fourth-order valence-corrected chi connectivity index (χ4v) is 2.57. The van der Waals surface area contributed by atoms with Crippen LogP contribution >= 0.6 is 0 Å². The molecule has 0 radical (unpaired) electrons. The summed E-state index contributed by atoms with van der Waals surface area (Å²) in [5.41, 5.74) is 0. The minimum absolute atomic E-state index is 0.0419. The van der Waals surface area contributed by atoms with E-state index in [1.807, 2.05) is 13.8 Å². The van der Waals surface area contributed by atoms with Crippen molar-refractivity contribution in [1.82, 2.24) is 5.32 Å². The van der Waals surface area contributed by atoms with E-state index in [1.54, 1.807) is 6.92 Å². The Morgan fingerprint density at radius 1 is 0.870 bits per heavy atom. The van der Waals surface area contributed by atoms with Crippen molar-refractivity contribution in [2.45, 2.75) is 97.9 Å². The fourth-order valence-electron chi connectivity index (χ4n) is 2.57. The van der Waals surface area contributed by atoms with Crippen molar-refractivity contribution >= 4 is 11.9 Å². The van der Waals surface area contributed by atoms with Gasteiger partial charge in [-0.2, -0.15) is 0 Å². The van der Waals surface area contributed by atoms with Crippen LogP contribution in [0.2, 0.25) is 0 Å². The van der Waals surface area contributed by atoms with E-state index in [4.69, 9.17) is 4.74 Å². The molecule has 0 aliphatic heterocycles. The number of esters is 1. The van der Waals surface area contributed by atoms with E-state index in [0.29, 0.717) is 13.0 Å². The molecule has 0 saturated carbocycles. The predicted molar refractivity (Wildman–Crippen MR) is 95.2 cm³/mol. The topological polar surface area (TPSA) is 55.4 Å². The molecular formula is C19H37NO3. The number of hydrogen-bond donors (Lipinski definition) is 1. The lowest BCUT2D eigenvalue weighted by molar-refractivity contribution is -0.148. The molecule has 0 fully saturated rings. The van der Waals surface area contributed by atoms with Crippen molar-refractivity contribution in [2.75, 3.05) is 6.61 Å². The van der Waals surface area contributed by atoms with Crippen LogP contribution in [0.25, 0.3) is 0 Å². The van der Waals surface area contributed by atoms with Crippen molar-refractivity contribution < 1.29 is 14.3 Å². The number of carbonyl (C=O) groups is 2.